The van der Waals surface area contributed by atoms with Crippen molar-refractivity contribution in [3.8, 4) is 12.3 Å². The molecule has 1 atom stereocenters. The van der Waals surface area contributed by atoms with Gasteiger partial charge in [0, 0.05) is 6.20 Å². The molecule has 5 heteroatoms. The van der Waals surface area contributed by atoms with E-state index in [2.05, 4.69) is 16.2 Å². The van der Waals surface area contributed by atoms with Gasteiger partial charge in [0.25, 0.3) is 0 Å². The van der Waals surface area contributed by atoms with Crippen LogP contribution in [0.25, 0.3) is 0 Å². The highest BCUT2D eigenvalue weighted by Gasteiger charge is 2.11. The number of hydrogen-bond acceptors (Lipinski definition) is 3. The third kappa shape index (κ3) is 2.88. The van der Waals surface area contributed by atoms with Gasteiger partial charge < -0.3 is 10.4 Å². The molecule has 1 rings (SSSR count). The summed E-state index contributed by atoms with van der Waals surface area (Å²) in [5, 5.41) is 11.9. The third-order valence-electron chi connectivity index (χ3n) is 2.02. The Morgan fingerprint density at radius 3 is 3.00 bits per heavy atom. The number of aromatic carboxylic acids is 1. The van der Waals surface area contributed by atoms with Crippen molar-refractivity contribution in [1.82, 2.24) is 4.98 Å². The first-order chi connectivity index (χ1) is 7.58. The molecule has 0 saturated carbocycles. The number of pyridine rings is 1. The zero-order valence-corrected chi connectivity index (χ0v) is 9.45. The molecule has 84 valence electrons. The largest absolute Gasteiger partial charge is 0.478 e. The number of halogens is 1. The van der Waals surface area contributed by atoms with Crippen LogP contribution in [0.15, 0.2) is 12.3 Å². The summed E-state index contributed by atoms with van der Waals surface area (Å²) >= 11 is 5.68. The number of rotatable bonds is 4. The highest BCUT2D eigenvalue weighted by Crippen LogP contribution is 2.18. The Morgan fingerprint density at radius 1 is 1.81 bits per heavy atom. The van der Waals surface area contributed by atoms with Crippen molar-refractivity contribution in [3.05, 3.63) is 22.8 Å². The quantitative estimate of drug-likeness (QED) is 0.790. The van der Waals surface area contributed by atoms with E-state index >= 15 is 0 Å². The van der Waals surface area contributed by atoms with Gasteiger partial charge in [0.05, 0.1) is 16.6 Å². The fourth-order valence-electron chi connectivity index (χ4n) is 1.12. The SMILES string of the molecule is C#CC(CC)Nc1cc(C(=O)O)c(Cl)cn1. The normalized spacial score (nSPS) is 11.6. The summed E-state index contributed by atoms with van der Waals surface area (Å²) in [6.07, 6.45) is 7.29. The number of anilines is 1. The number of nitrogens with zero attached hydrogens (tertiary/aromatic N) is 1. The van der Waals surface area contributed by atoms with Crippen LogP contribution in [-0.4, -0.2) is 22.1 Å². The van der Waals surface area contributed by atoms with Crippen LogP contribution in [0.2, 0.25) is 5.02 Å². The first-order valence-electron chi connectivity index (χ1n) is 4.70. The van der Waals surface area contributed by atoms with Crippen LogP contribution >= 0.6 is 11.6 Å². The Labute approximate surface area is 98.6 Å². The maximum Gasteiger partial charge on any atom is 0.337 e. The van der Waals surface area contributed by atoms with Gasteiger partial charge in [0.15, 0.2) is 0 Å². The predicted molar refractivity (Wildman–Crippen MR) is 62.7 cm³/mol. The van der Waals surface area contributed by atoms with Gasteiger partial charge in [-0.2, -0.15) is 0 Å². The number of carboxylic acids is 1. The molecule has 0 spiro atoms. The molecule has 0 amide bonds. The average Bonchev–Trinajstić information content (AvgIpc) is 2.27. The van der Waals surface area contributed by atoms with Gasteiger partial charge in [-0.05, 0) is 12.5 Å². The van der Waals surface area contributed by atoms with Crippen molar-refractivity contribution >= 4 is 23.4 Å². The number of carboxylic acid groups (broad SMARTS) is 1. The molecule has 0 bridgehead atoms. The molecule has 16 heavy (non-hydrogen) atoms. The van der Waals surface area contributed by atoms with Crippen LogP contribution < -0.4 is 5.32 Å². The third-order valence-corrected chi connectivity index (χ3v) is 2.32. The second-order valence-electron chi connectivity index (χ2n) is 3.13. The van der Waals surface area contributed by atoms with Crippen LogP contribution in [0.5, 0.6) is 0 Å². The van der Waals surface area contributed by atoms with Crippen LogP contribution in [0, 0.1) is 12.3 Å². The standard InChI is InChI=1S/C11H11ClN2O2/c1-3-7(4-2)14-10-5-8(11(15)16)9(12)6-13-10/h1,5-7H,4H2,2H3,(H,13,14)(H,15,16). The number of terminal acetylenes is 1. The maximum absolute atomic E-state index is 10.8. The smallest absolute Gasteiger partial charge is 0.337 e. The average molecular weight is 239 g/mol. The van der Waals surface area contributed by atoms with Gasteiger partial charge in [-0.25, -0.2) is 9.78 Å². The molecule has 0 fully saturated rings. The first-order valence-corrected chi connectivity index (χ1v) is 5.07. The second kappa shape index (κ2) is 5.38. The summed E-state index contributed by atoms with van der Waals surface area (Å²) in [6, 6.07) is 1.19. The van der Waals surface area contributed by atoms with Crippen molar-refractivity contribution in [3.63, 3.8) is 0 Å². The number of carbonyl (C=O) groups is 1. The van der Waals surface area contributed by atoms with E-state index < -0.39 is 5.97 Å². The Bertz CT molecular complexity index is 440. The van der Waals surface area contributed by atoms with Crippen molar-refractivity contribution in [2.24, 2.45) is 0 Å². The van der Waals surface area contributed by atoms with E-state index in [9.17, 15) is 4.79 Å². The molecule has 2 N–H and O–H groups in total. The van der Waals surface area contributed by atoms with E-state index in [1.807, 2.05) is 6.92 Å². The van der Waals surface area contributed by atoms with Crippen LogP contribution in [0.4, 0.5) is 5.82 Å². The molecule has 0 radical (unpaired) electrons. The Balaban J connectivity index is 2.96. The molecule has 0 saturated heterocycles. The highest BCUT2D eigenvalue weighted by molar-refractivity contribution is 6.33. The van der Waals surface area contributed by atoms with Crippen LogP contribution in [-0.2, 0) is 0 Å². The summed E-state index contributed by atoms with van der Waals surface area (Å²) in [4.78, 5) is 14.8. The number of nitrogens with one attached hydrogen (secondary N) is 1. The van der Waals surface area contributed by atoms with Gasteiger partial charge in [-0.1, -0.05) is 24.4 Å². The van der Waals surface area contributed by atoms with Crippen LogP contribution in [0.1, 0.15) is 23.7 Å². The molecule has 0 aliphatic carbocycles. The van der Waals surface area contributed by atoms with Gasteiger partial charge in [-0.15, -0.1) is 6.42 Å². The van der Waals surface area contributed by atoms with E-state index in [0.717, 1.165) is 6.42 Å². The van der Waals surface area contributed by atoms with Gasteiger partial charge in [-0.3, -0.25) is 0 Å². The Hall–Kier alpha value is -1.73. The molecular formula is C11H11ClN2O2. The van der Waals surface area contributed by atoms with Crippen molar-refractivity contribution in [2.75, 3.05) is 5.32 Å². The van der Waals surface area contributed by atoms with E-state index in [4.69, 9.17) is 23.1 Å². The Kier molecular flexibility index (Phi) is 4.15. The van der Waals surface area contributed by atoms with Crippen molar-refractivity contribution in [1.29, 1.82) is 0 Å². The fraction of sp³-hybridized carbons (Fsp3) is 0.273. The van der Waals surface area contributed by atoms with Crippen molar-refractivity contribution < 1.29 is 9.90 Å². The number of aromatic nitrogens is 1. The molecule has 0 aliphatic rings. The summed E-state index contributed by atoms with van der Waals surface area (Å²) in [5.41, 5.74) is 0.00559. The molecule has 0 aromatic carbocycles. The molecule has 1 unspecified atom stereocenters. The summed E-state index contributed by atoms with van der Waals surface area (Å²) in [7, 11) is 0. The highest BCUT2D eigenvalue weighted by atomic mass is 35.5. The molecule has 0 aliphatic heterocycles. The predicted octanol–water partition coefficient (Wildman–Crippen LogP) is 2.26. The summed E-state index contributed by atoms with van der Waals surface area (Å²) < 4.78 is 0. The second-order valence-corrected chi connectivity index (χ2v) is 3.53. The first kappa shape index (κ1) is 12.3. The molecule has 1 aromatic rings. The fourth-order valence-corrected chi connectivity index (χ4v) is 1.31. The molecule has 1 aromatic heterocycles. The molecule has 4 nitrogen and oxygen atoms in total. The lowest BCUT2D eigenvalue weighted by molar-refractivity contribution is 0.0697. The minimum atomic E-state index is -1.09. The lowest BCUT2D eigenvalue weighted by Gasteiger charge is -2.11. The van der Waals surface area contributed by atoms with Gasteiger partial charge in [0.2, 0.25) is 0 Å². The molecular weight excluding hydrogens is 228 g/mol. The van der Waals surface area contributed by atoms with E-state index in [1.165, 1.54) is 12.3 Å². The zero-order chi connectivity index (χ0) is 12.1. The lowest BCUT2D eigenvalue weighted by Crippen LogP contribution is -2.17. The lowest BCUT2D eigenvalue weighted by atomic mass is 10.2. The van der Waals surface area contributed by atoms with E-state index in [1.54, 1.807) is 0 Å². The summed E-state index contributed by atoms with van der Waals surface area (Å²) in [6.45, 7) is 1.92. The molecule has 1 heterocycles. The van der Waals surface area contributed by atoms with Crippen molar-refractivity contribution in [2.45, 2.75) is 19.4 Å². The van der Waals surface area contributed by atoms with Gasteiger partial charge in [0.1, 0.15) is 5.82 Å². The number of hydrogen-bond donors (Lipinski definition) is 2. The van der Waals surface area contributed by atoms with Crippen LogP contribution in [0.3, 0.4) is 0 Å². The monoisotopic (exact) mass is 238 g/mol. The minimum Gasteiger partial charge on any atom is -0.478 e. The maximum atomic E-state index is 10.8. The summed E-state index contributed by atoms with van der Waals surface area (Å²) in [5.74, 6) is 1.85. The van der Waals surface area contributed by atoms with Gasteiger partial charge >= 0.3 is 5.97 Å². The van der Waals surface area contributed by atoms with E-state index in [0.29, 0.717) is 5.82 Å². The minimum absolute atomic E-state index is 0.00559. The zero-order valence-electron chi connectivity index (χ0n) is 8.70. The van der Waals surface area contributed by atoms with E-state index in [-0.39, 0.29) is 16.6 Å². The Morgan fingerprint density at radius 2 is 2.50 bits per heavy atom. The topological polar surface area (TPSA) is 62.2 Å².